The molecule has 0 amide bonds. The van der Waals surface area contributed by atoms with E-state index in [1.54, 1.807) is 0 Å². The molecule has 0 bridgehead atoms. The van der Waals surface area contributed by atoms with Crippen LogP contribution in [0.1, 0.15) is 10.4 Å². The largest absolute Gasteiger partial charge is 0.504 e. The van der Waals surface area contributed by atoms with Gasteiger partial charge in [0.05, 0.1) is 5.56 Å². The Labute approximate surface area is 112 Å². The molecule has 6 N–H and O–H groups in total. The van der Waals surface area contributed by atoms with Crippen molar-refractivity contribution in [1.82, 2.24) is 0 Å². The second kappa shape index (κ2) is 4.54. The molecule has 0 fully saturated rings. The number of rotatable bonds is 2. The van der Waals surface area contributed by atoms with Crippen LogP contribution in [0.25, 0.3) is 11.1 Å². The summed E-state index contributed by atoms with van der Waals surface area (Å²) in [5.41, 5.74) is -0.712. The summed E-state index contributed by atoms with van der Waals surface area (Å²) in [5.74, 6) is -4.89. The fraction of sp³-hybridized carbons (Fsp3) is 0. The zero-order valence-corrected chi connectivity index (χ0v) is 9.90. The smallest absolute Gasteiger partial charge is 0.336 e. The standard InChI is InChI=1S/C13H10O7/c14-7-2-1-5(3-8(7)15)10-6(13(19)20)4-9(16)11(17)12(10)18/h1-4,14-18H,(H,19,20). The van der Waals surface area contributed by atoms with Gasteiger partial charge in [-0.1, -0.05) is 6.07 Å². The number of carboxylic acid groups (broad SMARTS) is 1. The molecule has 20 heavy (non-hydrogen) atoms. The number of phenols is 5. The van der Waals surface area contributed by atoms with E-state index in [4.69, 9.17) is 5.11 Å². The van der Waals surface area contributed by atoms with Gasteiger partial charge in [-0.25, -0.2) is 4.79 Å². The quantitative estimate of drug-likeness (QED) is 0.458. The van der Waals surface area contributed by atoms with Gasteiger partial charge in [0.1, 0.15) is 0 Å². The molecule has 0 saturated carbocycles. The monoisotopic (exact) mass is 278 g/mol. The molecule has 0 aliphatic carbocycles. The van der Waals surface area contributed by atoms with E-state index in [0.717, 1.165) is 18.2 Å². The first-order chi connectivity index (χ1) is 9.32. The van der Waals surface area contributed by atoms with Crippen molar-refractivity contribution in [3.05, 3.63) is 29.8 Å². The molecule has 0 heterocycles. The molecule has 7 heteroatoms. The van der Waals surface area contributed by atoms with E-state index in [1.165, 1.54) is 6.07 Å². The molecule has 7 nitrogen and oxygen atoms in total. The van der Waals surface area contributed by atoms with Crippen LogP contribution < -0.4 is 0 Å². The molecule has 2 aromatic rings. The van der Waals surface area contributed by atoms with Crippen molar-refractivity contribution in [3.63, 3.8) is 0 Å². The number of carbonyl (C=O) groups is 1. The van der Waals surface area contributed by atoms with E-state index >= 15 is 0 Å². The summed E-state index contributed by atoms with van der Waals surface area (Å²) in [5, 5.41) is 56.3. The van der Waals surface area contributed by atoms with Crippen molar-refractivity contribution >= 4 is 5.97 Å². The van der Waals surface area contributed by atoms with Crippen LogP contribution in [-0.2, 0) is 0 Å². The summed E-state index contributed by atoms with van der Waals surface area (Å²) in [4.78, 5) is 11.1. The average molecular weight is 278 g/mol. The molecule has 2 aromatic carbocycles. The van der Waals surface area contributed by atoms with E-state index in [-0.39, 0.29) is 11.1 Å². The number of aromatic carboxylic acids is 1. The van der Waals surface area contributed by atoms with Crippen molar-refractivity contribution in [3.8, 4) is 39.9 Å². The Hall–Kier alpha value is -3.09. The molecule has 0 spiro atoms. The molecule has 104 valence electrons. The predicted molar refractivity (Wildman–Crippen MR) is 67.2 cm³/mol. The molecule has 0 aliphatic rings. The van der Waals surface area contributed by atoms with Crippen LogP contribution >= 0.6 is 0 Å². The van der Waals surface area contributed by atoms with Crippen molar-refractivity contribution < 1.29 is 35.4 Å². The fourth-order valence-corrected chi connectivity index (χ4v) is 1.78. The Bertz CT molecular complexity index is 706. The van der Waals surface area contributed by atoms with Gasteiger partial charge < -0.3 is 30.6 Å². The van der Waals surface area contributed by atoms with Crippen molar-refractivity contribution in [2.75, 3.05) is 0 Å². The minimum atomic E-state index is -1.45. The molecular weight excluding hydrogens is 268 g/mol. The minimum absolute atomic E-state index is 0.0468. The fourth-order valence-electron chi connectivity index (χ4n) is 1.78. The summed E-state index contributed by atoms with van der Waals surface area (Å²) in [6, 6.07) is 4.14. The lowest BCUT2D eigenvalue weighted by Gasteiger charge is -2.12. The molecule has 0 saturated heterocycles. The highest BCUT2D eigenvalue weighted by Crippen LogP contribution is 2.46. The van der Waals surface area contributed by atoms with Crippen LogP contribution in [0.3, 0.4) is 0 Å². The second-order valence-corrected chi connectivity index (χ2v) is 4.02. The maximum absolute atomic E-state index is 11.1. The van der Waals surface area contributed by atoms with Crippen molar-refractivity contribution in [1.29, 1.82) is 0 Å². The van der Waals surface area contributed by atoms with Crippen LogP contribution in [-0.4, -0.2) is 36.6 Å². The van der Waals surface area contributed by atoms with Crippen LogP contribution in [0, 0.1) is 0 Å². The third-order valence-electron chi connectivity index (χ3n) is 2.75. The van der Waals surface area contributed by atoms with Crippen LogP contribution in [0.15, 0.2) is 24.3 Å². The number of carboxylic acids is 1. The average Bonchev–Trinajstić information content (AvgIpc) is 2.39. The maximum Gasteiger partial charge on any atom is 0.336 e. The first kappa shape index (κ1) is 13.3. The lowest BCUT2D eigenvalue weighted by atomic mass is 9.97. The number of phenolic OH excluding ortho intramolecular Hbond substituents is 5. The van der Waals surface area contributed by atoms with E-state index in [2.05, 4.69) is 0 Å². The number of hydrogen-bond acceptors (Lipinski definition) is 6. The number of aromatic hydroxyl groups is 5. The highest BCUT2D eigenvalue weighted by Gasteiger charge is 2.22. The van der Waals surface area contributed by atoms with Crippen molar-refractivity contribution in [2.45, 2.75) is 0 Å². The van der Waals surface area contributed by atoms with Gasteiger partial charge in [0.15, 0.2) is 23.0 Å². The maximum atomic E-state index is 11.1. The van der Waals surface area contributed by atoms with Crippen LogP contribution in [0.2, 0.25) is 0 Å². The van der Waals surface area contributed by atoms with Gasteiger partial charge in [-0.05, 0) is 23.8 Å². The van der Waals surface area contributed by atoms with Gasteiger partial charge in [0.25, 0.3) is 0 Å². The van der Waals surface area contributed by atoms with E-state index in [0.29, 0.717) is 0 Å². The lowest BCUT2D eigenvalue weighted by Crippen LogP contribution is -2.00. The molecule has 0 radical (unpaired) electrons. The Morgan fingerprint density at radius 3 is 2.00 bits per heavy atom. The van der Waals surface area contributed by atoms with Gasteiger partial charge >= 0.3 is 5.97 Å². The van der Waals surface area contributed by atoms with Crippen molar-refractivity contribution in [2.24, 2.45) is 0 Å². The summed E-state index contributed by atoms with van der Waals surface area (Å²) in [6.07, 6.45) is 0. The Balaban J connectivity index is 2.81. The Morgan fingerprint density at radius 2 is 1.45 bits per heavy atom. The van der Waals surface area contributed by atoms with Gasteiger partial charge in [-0.15, -0.1) is 0 Å². The van der Waals surface area contributed by atoms with Gasteiger partial charge in [0.2, 0.25) is 5.75 Å². The predicted octanol–water partition coefficient (Wildman–Crippen LogP) is 1.58. The highest BCUT2D eigenvalue weighted by atomic mass is 16.4. The minimum Gasteiger partial charge on any atom is -0.504 e. The second-order valence-electron chi connectivity index (χ2n) is 4.02. The first-order valence-corrected chi connectivity index (χ1v) is 5.36. The molecule has 0 atom stereocenters. The van der Waals surface area contributed by atoms with E-state index < -0.39 is 40.3 Å². The number of hydrogen-bond donors (Lipinski definition) is 6. The summed E-state index contributed by atoms with van der Waals surface area (Å²) in [6.45, 7) is 0. The van der Waals surface area contributed by atoms with Crippen LogP contribution in [0.4, 0.5) is 0 Å². The normalized spacial score (nSPS) is 10.4. The zero-order valence-electron chi connectivity index (χ0n) is 9.90. The van der Waals surface area contributed by atoms with Gasteiger partial charge in [0, 0.05) is 5.56 Å². The summed E-state index contributed by atoms with van der Waals surface area (Å²) in [7, 11) is 0. The van der Waals surface area contributed by atoms with Gasteiger partial charge in [-0.2, -0.15) is 0 Å². The molecular formula is C13H10O7. The third-order valence-corrected chi connectivity index (χ3v) is 2.75. The zero-order chi connectivity index (χ0) is 15.0. The molecule has 0 aliphatic heterocycles. The van der Waals surface area contributed by atoms with E-state index in [9.17, 15) is 30.3 Å². The SMILES string of the molecule is O=C(O)c1cc(O)c(O)c(O)c1-c1ccc(O)c(O)c1. The molecule has 0 unspecified atom stereocenters. The Kier molecular flexibility index (Phi) is 3.03. The van der Waals surface area contributed by atoms with Crippen LogP contribution in [0.5, 0.6) is 28.7 Å². The highest BCUT2D eigenvalue weighted by molar-refractivity contribution is 5.99. The van der Waals surface area contributed by atoms with E-state index in [1.807, 2.05) is 0 Å². The third kappa shape index (κ3) is 2.01. The van der Waals surface area contributed by atoms with Gasteiger partial charge in [-0.3, -0.25) is 0 Å². The Morgan fingerprint density at radius 1 is 0.800 bits per heavy atom. The molecule has 0 aromatic heterocycles. The topological polar surface area (TPSA) is 138 Å². The summed E-state index contributed by atoms with van der Waals surface area (Å²) < 4.78 is 0. The molecule has 2 rings (SSSR count). The summed E-state index contributed by atoms with van der Waals surface area (Å²) >= 11 is 0. The number of benzene rings is 2. The first-order valence-electron chi connectivity index (χ1n) is 5.36. The lowest BCUT2D eigenvalue weighted by molar-refractivity contribution is 0.0696.